The van der Waals surface area contributed by atoms with Gasteiger partial charge in [-0.2, -0.15) is 0 Å². The van der Waals surface area contributed by atoms with Crippen molar-refractivity contribution in [3.8, 4) is 0 Å². The molecule has 4 heteroatoms. The lowest BCUT2D eigenvalue weighted by atomic mass is 9.92. The second kappa shape index (κ2) is 10.1. The molecule has 0 unspecified atom stereocenters. The molecule has 2 aliphatic carbocycles. The fraction of sp³-hybridized carbons (Fsp3) is 0.538. The van der Waals surface area contributed by atoms with E-state index >= 15 is 0 Å². The summed E-state index contributed by atoms with van der Waals surface area (Å²) in [5.41, 5.74) is 1.97. The molecular formula is C26H34N2O2. The molecule has 2 saturated carbocycles. The summed E-state index contributed by atoms with van der Waals surface area (Å²) in [4.78, 5) is 25.6. The van der Waals surface area contributed by atoms with E-state index in [0.717, 1.165) is 47.6 Å². The van der Waals surface area contributed by atoms with Crippen LogP contribution in [0.5, 0.6) is 0 Å². The van der Waals surface area contributed by atoms with Crippen LogP contribution in [0.4, 0.5) is 0 Å². The molecule has 2 amide bonds. The molecule has 30 heavy (non-hydrogen) atoms. The van der Waals surface area contributed by atoms with Crippen molar-refractivity contribution in [2.45, 2.75) is 89.1 Å². The quantitative estimate of drug-likeness (QED) is 0.722. The van der Waals surface area contributed by atoms with Gasteiger partial charge in [-0.25, -0.2) is 0 Å². The molecule has 2 fully saturated rings. The Morgan fingerprint density at radius 3 is 1.90 bits per heavy atom. The molecule has 0 radical (unpaired) electrons. The molecular weight excluding hydrogens is 372 g/mol. The lowest BCUT2D eigenvalue weighted by Gasteiger charge is -2.24. The molecule has 0 atom stereocenters. The minimum atomic E-state index is 0.0751. The van der Waals surface area contributed by atoms with Gasteiger partial charge in [0.05, 0.1) is 12.8 Å². The Bertz CT molecular complexity index is 880. The van der Waals surface area contributed by atoms with E-state index in [1.807, 2.05) is 18.2 Å². The zero-order chi connectivity index (χ0) is 20.8. The van der Waals surface area contributed by atoms with Crippen molar-refractivity contribution in [3.63, 3.8) is 0 Å². The molecule has 0 heterocycles. The molecule has 0 aliphatic heterocycles. The van der Waals surface area contributed by atoms with E-state index in [-0.39, 0.29) is 11.8 Å². The highest BCUT2D eigenvalue weighted by Crippen LogP contribution is 2.25. The molecule has 4 rings (SSSR count). The summed E-state index contributed by atoms with van der Waals surface area (Å²) in [6.07, 6.45) is 12.4. The maximum Gasteiger partial charge on any atom is 0.224 e. The van der Waals surface area contributed by atoms with Crippen LogP contribution >= 0.6 is 0 Å². The van der Waals surface area contributed by atoms with E-state index < -0.39 is 0 Å². The Kier molecular flexibility index (Phi) is 7.03. The SMILES string of the molecule is O=C(Cc1ccc2ccccc2c1CC(=O)NC1CCCCC1)NC1CCCCC1. The number of fused-ring (bicyclic) bond motifs is 1. The first kappa shape index (κ1) is 20.9. The molecule has 0 spiro atoms. The van der Waals surface area contributed by atoms with Crippen molar-refractivity contribution in [3.05, 3.63) is 47.5 Å². The molecule has 0 aromatic heterocycles. The summed E-state index contributed by atoms with van der Waals surface area (Å²) >= 11 is 0. The van der Waals surface area contributed by atoms with Crippen molar-refractivity contribution in [2.75, 3.05) is 0 Å². The zero-order valence-corrected chi connectivity index (χ0v) is 17.9. The minimum absolute atomic E-state index is 0.0751. The first-order chi connectivity index (χ1) is 14.7. The summed E-state index contributed by atoms with van der Waals surface area (Å²) in [6, 6.07) is 12.9. The van der Waals surface area contributed by atoms with Gasteiger partial charge in [-0.15, -0.1) is 0 Å². The van der Waals surface area contributed by atoms with Crippen LogP contribution < -0.4 is 10.6 Å². The summed E-state index contributed by atoms with van der Waals surface area (Å²) < 4.78 is 0. The number of amides is 2. The highest BCUT2D eigenvalue weighted by Gasteiger charge is 2.20. The highest BCUT2D eigenvalue weighted by atomic mass is 16.2. The molecule has 0 bridgehead atoms. The van der Waals surface area contributed by atoms with Crippen molar-refractivity contribution < 1.29 is 9.59 Å². The van der Waals surface area contributed by atoms with E-state index in [9.17, 15) is 9.59 Å². The Labute approximate surface area is 179 Å². The highest BCUT2D eigenvalue weighted by molar-refractivity contribution is 5.93. The van der Waals surface area contributed by atoms with Crippen LogP contribution in [0.1, 0.15) is 75.3 Å². The predicted octanol–water partition coefficient (Wildman–Crippen LogP) is 4.82. The molecule has 2 aliphatic rings. The number of nitrogens with one attached hydrogen (secondary N) is 2. The number of carbonyl (C=O) groups is 2. The van der Waals surface area contributed by atoms with Gasteiger partial charge in [0.1, 0.15) is 0 Å². The number of benzene rings is 2. The van der Waals surface area contributed by atoms with Crippen LogP contribution in [-0.2, 0) is 22.4 Å². The normalized spacial score (nSPS) is 18.3. The van der Waals surface area contributed by atoms with Gasteiger partial charge < -0.3 is 10.6 Å². The van der Waals surface area contributed by atoms with Gasteiger partial charge in [0.25, 0.3) is 0 Å². The Morgan fingerprint density at radius 2 is 1.27 bits per heavy atom. The number of hydrogen-bond donors (Lipinski definition) is 2. The van der Waals surface area contributed by atoms with Crippen molar-refractivity contribution in [2.24, 2.45) is 0 Å². The van der Waals surface area contributed by atoms with Crippen LogP contribution in [0, 0.1) is 0 Å². The van der Waals surface area contributed by atoms with Crippen molar-refractivity contribution >= 4 is 22.6 Å². The average molecular weight is 407 g/mol. The third-order valence-corrected chi connectivity index (χ3v) is 6.77. The Hall–Kier alpha value is -2.36. The molecule has 0 saturated heterocycles. The molecule has 2 N–H and O–H groups in total. The predicted molar refractivity (Wildman–Crippen MR) is 121 cm³/mol. The van der Waals surface area contributed by atoms with Gasteiger partial charge in [0, 0.05) is 12.1 Å². The zero-order valence-electron chi connectivity index (χ0n) is 17.9. The van der Waals surface area contributed by atoms with E-state index in [4.69, 9.17) is 0 Å². The fourth-order valence-corrected chi connectivity index (χ4v) is 5.14. The monoisotopic (exact) mass is 406 g/mol. The lowest BCUT2D eigenvalue weighted by Crippen LogP contribution is -2.38. The van der Waals surface area contributed by atoms with Crippen molar-refractivity contribution in [1.29, 1.82) is 0 Å². The second-order valence-corrected chi connectivity index (χ2v) is 9.08. The summed E-state index contributed by atoms with van der Waals surface area (Å²) in [5, 5.41) is 8.66. The van der Waals surface area contributed by atoms with E-state index in [0.29, 0.717) is 24.9 Å². The maximum absolute atomic E-state index is 12.9. The first-order valence-corrected chi connectivity index (χ1v) is 11.8. The number of carbonyl (C=O) groups excluding carboxylic acids is 2. The fourth-order valence-electron chi connectivity index (χ4n) is 5.14. The Morgan fingerprint density at radius 1 is 0.700 bits per heavy atom. The van der Waals surface area contributed by atoms with Gasteiger partial charge in [0.15, 0.2) is 0 Å². The average Bonchev–Trinajstić information content (AvgIpc) is 2.77. The Balaban J connectivity index is 1.50. The third-order valence-electron chi connectivity index (χ3n) is 6.77. The van der Waals surface area contributed by atoms with E-state index in [1.165, 1.54) is 38.5 Å². The largest absolute Gasteiger partial charge is 0.353 e. The lowest BCUT2D eigenvalue weighted by molar-refractivity contribution is -0.122. The minimum Gasteiger partial charge on any atom is -0.353 e. The van der Waals surface area contributed by atoms with Crippen molar-refractivity contribution in [1.82, 2.24) is 10.6 Å². The van der Waals surface area contributed by atoms with Gasteiger partial charge in [-0.05, 0) is 47.6 Å². The molecule has 2 aromatic carbocycles. The molecule has 2 aromatic rings. The first-order valence-electron chi connectivity index (χ1n) is 11.8. The van der Waals surface area contributed by atoms with Crippen LogP contribution in [0.3, 0.4) is 0 Å². The van der Waals surface area contributed by atoms with Gasteiger partial charge in [-0.1, -0.05) is 74.9 Å². The van der Waals surface area contributed by atoms with Crippen LogP contribution in [0.2, 0.25) is 0 Å². The smallest absolute Gasteiger partial charge is 0.224 e. The summed E-state index contributed by atoms with van der Waals surface area (Å²) in [6.45, 7) is 0. The topological polar surface area (TPSA) is 58.2 Å². The number of rotatable bonds is 6. The van der Waals surface area contributed by atoms with Gasteiger partial charge >= 0.3 is 0 Å². The van der Waals surface area contributed by atoms with E-state index in [1.54, 1.807) is 0 Å². The summed E-state index contributed by atoms with van der Waals surface area (Å²) in [7, 11) is 0. The number of hydrogen-bond acceptors (Lipinski definition) is 2. The second-order valence-electron chi connectivity index (χ2n) is 9.08. The molecule has 4 nitrogen and oxygen atoms in total. The van der Waals surface area contributed by atoms with Crippen LogP contribution in [0.15, 0.2) is 36.4 Å². The summed E-state index contributed by atoms with van der Waals surface area (Å²) in [5.74, 6) is 0.151. The van der Waals surface area contributed by atoms with Crippen LogP contribution in [-0.4, -0.2) is 23.9 Å². The standard InChI is InChI=1S/C26H34N2O2/c29-25(27-21-10-3-1-4-11-21)17-20-16-15-19-9-7-8-14-23(19)24(20)18-26(30)28-22-12-5-2-6-13-22/h7-9,14-16,21-22H,1-6,10-13,17-18H2,(H,27,29)(H,28,30). The third kappa shape index (κ3) is 5.41. The molecule has 160 valence electrons. The maximum atomic E-state index is 12.9. The van der Waals surface area contributed by atoms with E-state index in [2.05, 4.69) is 28.8 Å². The van der Waals surface area contributed by atoms with Crippen LogP contribution in [0.25, 0.3) is 10.8 Å². The van der Waals surface area contributed by atoms with Gasteiger partial charge in [-0.3, -0.25) is 9.59 Å². The van der Waals surface area contributed by atoms with Gasteiger partial charge in [0.2, 0.25) is 11.8 Å².